The van der Waals surface area contributed by atoms with Gasteiger partial charge in [-0.3, -0.25) is 4.79 Å². The number of aryl methyl sites for hydroxylation is 1. The second-order valence-corrected chi connectivity index (χ2v) is 5.87. The second kappa shape index (κ2) is 5.75. The van der Waals surface area contributed by atoms with Crippen molar-refractivity contribution in [2.75, 3.05) is 5.32 Å². The molecule has 1 amide bonds. The number of carbonyl (C=O) groups is 1. The summed E-state index contributed by atoms with van der Waals surface area (Å²) in [5, 5.41) is 12.6. The lowest BCUT2D eigenvalue weighted by Gasteiger charge is -2.09. The summed E-state index contributed by atoms with van der Waals surface area (Å²) in [6.07, 6.45) is 0. The minimum absolute atomic E-state index is 0.0554. The Morgan fingerprint density at radius 3 is 2.42 bits per heavy atom. The minimum Gasteiger partial charge on any atom is -0.506 e. The zero-order valence-electron chi connectivity index (χ0n) is 10.1. The van der Waals surface area contributed by atoms with E-state index < -0.39 is 0 Å². The quantitative estimate of drug-likeness (QED) is 0.801. The first-order valence-electron chi connectivity index (χ1n) is 5.53. The van der Waals surface area contributed by atoms with Crippen molar-refractivity contribution in [3.8, 4) is 5.75 Å². The van der Waals surface area contributed by atoms with E-state index in [1.807, 2.05) is 19.1 Å². The van der Waals surface area contributed by atoms with E-state index in [-0.39, 0.29) is 17.2 Å². The van der Waals surface area contributed by atoms with Gasteiger partial charge in [0, 0.05) is 10.2 Å². The van der Waals surface area contributed by atoms with Crippen LogP contribution in [0.5, 0.6) is 5.75 Å². The van der Waals surface area contributed by atoms with Gasteiger partial charge in [-0.1, -0.05) is 15.9 Å². The smallest absolute Gasteiger partial charge is 0.259 e. The molecule has 0 fully saturated rings. The van der Waals surface area contributed by atoms with Crippen molar-refractivity contribution in [3.63, 3.8) is 0 Å². The molecule has 0 radical (unpaired) electrons. The van der Waals surface area contributed by atoms with Crippen LogP contribution in [0.2, 0.25) is 0 Å². The zero-order valence-corrected chi connectivity index (χ0v) is 13.2. The molecule has 0 atom stereocenters. The lowest BCUT2D eigenvalue weighted by atomic mass is 10.1. The first kappa shape index (κ1) is 14.1. The number of hydrogen-bond acceptors (Lipinski definition) is 2. The Kier molecular flexibility index (Phi) is 4.27. The molecule has 0 aliphatic heterocycles. The van der Waals surface area contributed by atoms with E-state index >= 15 is 0 Å². The molecule has 3 nitrogen and oxygen atoms in total. The number of hydrogen-bond donors (Lipinski definition) is 2. The maximum atomic E-state index is 12.1. The highest BCUT2D eigenvalue weighted by Crippen LogP contribution is 2.30. The lowest BCUT2D eigenvalue weighted by Crippen LogP contribution is -2.12. The van der Waals surface area contributed by atoms with Gasteiger partial charge in [0.25, 0.3) is 5.91 Å². The molecule has 0 saturated heterocycles. The standard InChI is InChI=1S/C14H11Br2NO2/c1-8-6-11(13(18)12(16)7-8)14(19)17-10-4-2-9(15)3-5-10/h2-7,18H,1H3,(H,17,19). The Hall–Kier alpha value is -1.33. The molecule has 0 bridgehead atoms. The van der Waals surface area contributed by atoms with E-state index in [2.05, 4.69) is 37.2 Å². The van der Waals surface area contributed by atoms with Crippen LogP contribution in [-0.2, 0) is 0 Å². The maximum Gasteiger partial charge on any atom is 0.259 e. The lowest BCUT2D eigenvalue weighted by molar-refractivity contribution is 0.102. The highest BCUT2D eigenvalue weighted by molar-refractivity contribution is 9.10. The Labute approximate surface area is 127 Å². The average molecular weight is 385 g/mol. The molecule has 0 spiro atoms. The molecule has 19 heavy (non-hydrogen) atoms. The van der Waals surface area contributed by atoms with Gasteiger partial charge >= 0.3 is 0 Å². The second-order valence-electron chi connectivity index (χ2n) is 4.10. The summed E-state index contributed by atoms with van der Waals surface area (Å²) in [5.41, 5.74) is 1.81. The molecule has 2 N–H and O–H groups in total. The van der Waals surface area contributed by atoms with Crippen LogP contribution >= 0.6 is 31.9 Å². The Morgan fingerprint density at radius 2 is 1.79 bits per heavy atom. The van der Waals surface area contributed by atoms with Crippen molar-refractivity contribution < 1.29 is 9.90 Å². The van der Waals surface area contributed by atoms with Crippen LogP contribution in [0.1, 0.15) is 15.9 Å². The number of phenolic OH excluding ortho intramolecular Hbond substituents is 1. The number of rotatable bonds is 2. The van der Waals surface area contributed by atoms with Gasteiger partial charge in [-0.05, 0) is 64.8 Å². The van der Waals surface area contributed by atoms with Crippen LogP contribution in [-0.4, -0.2) is 11.0 Å². The number of nitrogens with one attached hydrogen (secondary N) is 1. The summed E-state index contributed by atoms with van der Waals surface area (Å²) in [6, 6.07) is 10.6. The van der Waals surface area contributed by atoms with E-state index in [9.17, 15) is 9.90 Å². The molecular formula is C14H11Br2NO2. The van der Waals surface area contributed by atoms with Crippen molar-refractivity contribution in [2.45, 2.75) is 6.92 Å². The molecule has 98 valence electrons. The summed E-state index contributed by atoms with van der Waals surface area (Å²) < 4.78 is 1.44. The molecule has 2 aromatic rings. The van der Waals surface area contributed by atoms with Crippen LogP contribution < -0.4 is 5.32 Å². The van der Waals surface area contributed by atoms with E-state index in [1.54, 1.807) is 24.3 Å². The molecule has 0 aliphatic rings. The predicted molar refractivity (Wildman–Crippen MR) is 82.6 cm³/mol. The molecule has 0 unspecified atom stereocenters. The van der Waals surface area contributed by atoms with Gasteiger partial charge in [-0.15, -0.1) is 0 Å². The normalized spacial score (nSPS) is 10.3. The third-order valence-corrected chi connectivity index (χ3v) is 3.69. The average Bonchev–Trinajstić information content (AvgIpc) is 2.36. The monoisotopic (exact) mass is 383 g/mol. The number of amides is 1. The van der Waals surface area contributed by atoms with Gasteiger partial charge in [-0.2, -0.15) is 0 Å². The third kappa shape index (κ3) is 3.36. The van der Waals surface area contributed by atoms with Gasteiger partial charge in [0.2, 0.25) is 0 Å². The Balaban J connectivity index is 2.27. The van der Waals surface area contributed by atoms with E-state index in [4.69, 9.17) is 0 Å². The highest BCUT2D eigenvalue weighted by atomic mass is 79.9. The number of halogens is 2. The van der Waals surface area contributed by atoms with Crippen molar-refractivity contribution in [2.24, 2.45) is 0 Å². The van der Waals surface area contributed by atoms with Crippen LogP contribution in [0.3, 0.4) is 0 Å². The Bertz CT molecular complexity index is 624. The fraction of sp³-hybridized carbons (Fsp3) is 0.0714. The van der Waals surface area contributed by atoms with E-state index in [0.717, 1.165) is 10.0 Å². The van der Waals surface area contributed by atoms with Crippen molar-refractivity contribution >= 4 is 43.5 Å². The molecular weight excluding hydrogens is 374 g/mol. The van der Waals surface area contributed by atoms with Gasteiger partial charge in [0.05, 0.1) is 10.0 Å². The number of aromatic hydroxyl groups is 1. The third-order valence-electron chi connectivity index (χ3n) is 2.55. The number of anilines is 1. The fourth-order valence-corrected chi connectivity index (χ4v) is 2.48. The number of benzene rings is 2. The summed E-state index contributed by atoms with van der Waals surface area (Å²) in [4.78, 5) is 12.1. The number of carbonyl (C=O) groups excluding carboxylic acids is 1. The van der Waals surface area contributed by atoms with Crippen LogP contribution in [0, 0.1) is 6.92 Å². The molecule has 2 aromatic carbocycles. The van der Waals surface area contributed by atoms with E-state index in [0.29, 0.717) is 10.2 Å². The SMILES string of the molecule is Cc1cc(Br)c(O)c(C(=O)Nc2ccc(Br)cc2)c1. The van der Waals surface area contributed by atoms with Gasteiger partial charge in [0.15, 0.2) is 0 Å². The highest BCUT2D eigenvalue weighted by Gasteiger charge is 2.14. The van der Waals surface area contributed by atoms with Crippen LogP contribution in [0.4, 0.5) is 5.69 Å². The molecule has 5 heteroatoms. The summed E-state index contributed by atoms with van der Waals surface area (Å²) in [7, 11) is 0. The zero-order chi connectivity index (χ0) is 14.0. The molecule has 0 saturated carbocycles. The molecule has 2 rings (SSSR count). The fourth-order valence-electron chi connectivity index (χ4n) is 1.64. The van der Waals surface area contributed by atoms with Crippen molar-refractivity contribution in [1.29, 1.82) is 0 Å². The Morgan fingerprint density at radius 1 is 1.16 bits per heavy atom. The summed E-state index contributed by atoms with van der Waals surface area (Å²) in [6.45, 7) is 1.86. The topological polar surface area (TPSA) is 49.3 Å². The molecule has 0 aromatic heterocycles. The first-order valence-corrected chi connectivity index (χ1v) is 7.12. The largest absolute Gasteiger partial charge is 0.506 e. The van der Waals surface area contributed by atoms with Crippen LogP contribution in [0.25, 0.3) is 0 Å². The van der Waals surface area contributed by atoms with E-state index in [1.165, 1.54) is 0 Å². The maximum absolute atomic E-state index is 12.1. The summed E-state index contributed by atoms with van der Waals surface area (Å²) in [5.74, 6) is -0.399. The molecule has 0 heterocycles. The van der Waals surface area contributed by atoms with Gasteiger partial charge < -0.3 is 10.4 Å². The van der Waals surface area contributed by atoms with Gasteiger partial charge in [0.1, 0.15) is 5.75 Å². The number of phenols is 1. The predicted octanol–water partition coefficient (Wildman–Crippen LogP) is 4.48. The van der Waals surface area contributed by atoms with Gasteiger partial charge in [-0.25, -0.2) is 0 Å². The van der Waals surface area contributed by atoms with Crippen molar-refractivity contribution in [3.05, 3.63) is 56.5 Å². The summed E-state index contributed by atoms with van der Waals surface area (Å²) >= 11 is 6.55. The molecule has 0 aliphatic carbocycles. The van der Waals surface area contributed by atoms with Crippen molar-refractivity contribution in [1.82, 2.24) is 0 Å². The first-order chi connectivity index (χ1) is 8.97. The van der Waals surface area contributed by atoms with Crippen LogP contribution in [0.15, 0.2) is 45.3 Å². The minimum atomic E-state index is -0.343.